The van der Waals surface area contributed by atoms with Gasteiger partial charge in [0.05, 0.1) is 12.6 Å². The number of piperidine rings is 1. The Morgan fingerprint density at radius 2 is 2.56 bits per heavy atom. The minimum Gasteiger partial charge on any atom is -0.395 e. The van der Waals surface area contributed by atoms with Gasteiger partial charge in [-0.05, 0) is 19.9 Å². The predicted molar refractivity (Wildman–Crippen MR) is 63.2 cm³/mol. The van der Waals surface area contributed by atoms with Gasteiger partial charge in [-0.1, -0.05) is 11.6 Å². The van der Waals surface area contributed by atoms with Crippen molar-refractivity contribution in [3.05, 3.63) is 11.6 Å². The van der Waals surface area contributed by atoms with Gasteiger partial charge in [0.1, 0.15) is 0 Å². The Labute approximate surface area is 96.0 Å². The van der Waals surface area contributed by atoms with E-state index in [2.05, 4.69) is 28.6 Å². The van der Waals surface area contributed by atoms with Gasteiger partial charge in [0.2, 0.25) is 0 Å². The molecule has 1 saturated heterocycles. The second-order valence-corrected chi connectivity index (χ2v) is 5.42. The van der Waals surface area contributed by atoms with Crippen LogP contribution >= 0.6 is 0 Å². The molecular weight excluding hydrogens is 202 g/mol. The number of hydrogen-bond donors (Lipinski definition) is 2. The summed E-state index contributed by atoms with van der Waals surface area (Å²) in [5.41, 5.74) is 4.57. The molecule has 16 heavy (non-hydrogen) atoms. The van der Waals surface area contributed by atoms with Crippen LogP contribution in [0, 0.1) is 11.3 Å². The van der Waals surface area contributed by atoms with Crippen LogP contribution in [-0.4, -0.2) is 49.0 Å². The zero-order valence-corrected chi connectivity index (χ0v) is 9.69. The molecule has 1 fully saturated rings. The van der Waals surface area contributed by atoms with Crippen molar-refractivity contribution in [3.63, 3.8) is 0 Å². The molecule has 0 saturated carbocycles. The maximum Gasteiger partial charge on any atom is 0.0701 e. The fraction of sp³-hybridized carbons (Fsp3) is 0.750. The molecule has 88 valence electrons. The van der Waals surface area contributed by atoms with Crippen molar-refractivity contribution in [3.8, 4) is 0 Å². The van der Waals surface area contributed by atoms with Crippen molar-refractivity contribution in [1.29, 1.82) is 0 Å². The van der Waals surface area contributed by atoms with Gasteiger partial charge in [-0.25, -0.2) is 0 Å². The first-order valence-corrected chi connectivity index (χ1v) is 6.03. The lowest BCUT2D eigenvalue weighted by Crippen LogP contribution is -2.50. The Morgan fingerprint density at radius 1 is 1.69 bits per heavy atom. The summed E-state index contributed by atoms with van der Waals surface area (Å²) in [6, 6.07) is 0.373. The highest BCUT2D eigenvalue weighted by atomic mass is 16.3. The van der Waals surface area contributed by atoms with Gasteiger partial charge in [0.25, 0.3) is 0 Å². The summed E-state index contributed by atoms with van der Waals surface area (Å²) in [6.45, 7) is 2.35. The molecule has 2 N–H and O–H groups in total. The normalized spacial score (nSPS) is 42.2. The van der Waals surface area contributed by atoms with Crippen LogP contribution in [0.25, 0.3) is 0 Å². The fourth-order valence-electron chi connectivity index (χ4n) is 3.37. The summed E-state index contributed by atoms with van der Waals surface area (Å²) < 4.78 is 0. The molecule has 0 radical (unpaired) electrons. The van der Waals surface area contributed by atoms with Crippen LogP contribution in [0.1, 0.15) is 12.8 Å². The number of nitrogens with one attached hydrogen (secondary N) is 1. The highest BCUT2D eigenvalue weighted by molar-refractivity contribution is 5.65. The van der Waals surface area contributed by atoms with E-state index < -0.39 is 0 Å². The summed E-state index contributed by atoms with van der Waals surface area (Å²) in [7, 11) is 2.14. The first-order chi connectivity index (χ1) is 7.73. The highest BCUT2D eigenvalue weighted by Gasteiger charge is 2.45. The van der Waals surface area contributed by atoms with Crippen LogP contribution in [0.4, 0.5) is 0 Å². The van der Waals surface area contributed by atoms with Crippen molar-refractivity contribution in [2.24, 2.45) is 16.4 Å². The smallest absolute Gasteiger partial charge is 0.0701 e. The van der Waals surface area contributed by atoms with Crippen molar-refractivity contribution < 1.29 is 5.11 Å². The predicted octanol–water partition coefficient (Wildman–Crippen LogP) is 0.205. The molecule has 4 nitrogen and oxygen atoms in total. The van der Waals surface area contributed by atoms with E-state index in [4.69, 9.17) is 0 Å². The number of nitrogens with zero attached hydrogens (tertiary/aromatic N) is 2. The molecule has 2 heterocycles. The van der Waals surface area contributed by atoms with E-state index in [0.29, 0.717) is 12.0 Å². The Hall–Kier alpha value is -0.870. The lowest BCUT2D eigenvalue weighted by atomic mass is 9.65. The largest absolute Gasteiger partial charge is 0.395 e. The van der Waals surface area contributed by atoms with Gasteiger partial charge in [-0.2, -0.15) is 5.10 Å². The molecule has 0 bridgehead atoms. The quantitative estimate of drug-likeness (QED) is 0.622. The molecule has 0 aromatic heterocycles. The maximum atomic E-state index is 9.78. The minimum atomic E-state index is -0.00773. The van der Waals surface area contributed by atoms with Crippen molar-refractivity contribution in [2.45, 2.75) is 18.9 Å². The van der Waals surface area contributed by atoms with Gasteiger partial charge >= 0.3 is 0 Å². The van der Waals surface area contributed by atoms with Crippen LogP contribution in [0.15, 0.2) is 16.8 Å². The van der Waals surface area contributed by atoms with E-state index in [1.165, 1.54) is 5.57 Å². The van der Waals surface area contributed by atoms with Gasteiger partial charge in [0, 0.05) is 30.6 Å². The monoisotopic (exact) mass is 221 g/mol. The maximum absolute atomic E-state index is 9.78. The molecule has 3 rings (SSSR count). The lowest BCUT2D eigenvalue weighted by Gasteiger charge is -2.47. The number of hydrazone groups is 1. The molecule has 2 aliphatic heterocycles. The van der Waals surface area contributed by atoms with Crippen molar-refractivity contribution >= 4 is 6.21 Å². The number of hydrogen-bond acceptors (Lipinski definition) is 4. The third kappa shape index (κ3) is 1.40. The topological polar surface area (TPSA) is 47.9 Å². The summed E-state index contributed by atoms with van der Waals surface area (Å²) in [4.78, 5) is 2.33. The Bertz CT molecular complexity index is 352. The SMILES string of the molecule is CN1CCC2=CC3NN=CC3C[C@]2(CO)C1. The lowest BCUT2D eigenvalue weighted by molar-refractivity contribution is 0.0660. The van der Waals surface area contributed by atoms with E-state index in [0.717, 1.165) is 25.9 Å². The molecule has 0 aromatic rings. The zero-order valence-electron chi connectivity index (χ0n) is 9.69. The second-order valence-electron chi connectivity index (χ2n) is 5.42. The summed E-state index contributed by atoms with van der Waals surface area (Å²) in [6.07, 6.45) is 6.43. The van der Waals surface area contributed by atoms with Gasteiger partial charge < -0.3 is 15.4 Å². The molecular formula is C12H19N3O. The molecule has 0 spiro atoms. The van der Waals surface area contributed by atoms with E-state index in [1.54, 1.807) is 0 Å². The van der Waals surface area contributed by atoms with Crippen LogP contribution in [-0.2, 0) is 0 Å². The van der Waals surface area contributed by atoms with Crippen LogP contribution < -0.4 is 5.43 Å². The van der Waals surface area contributed by atoms with Gasteiger partial charge in [-0.15, -0.1) is 0 Å². The first-order valence-electron chi connectivity index (χ1n) is 6.03. The number of aliphatic hydroxyl groups excluding tert-OH is 1. The van der Waals surface area contributed by atoms with Crippen LogP contribution in [0.5, 0.6) is 0 Å². The standard InChI is InChI=1S/C12H19N3O/c1-15-3-2-10-4-11-9(6-13-14-11)5-12(10,7-15)8-16/h4,6,9,11,14,16H,2-3,5,7-8H2,1H3/t9?,11?,12-/m1/s1. The van der Waals surface area contributed by atoms with Crippen LogP contribution in [0.2, 0.25) is 0 Å². The van der Waals surface area contributed by atoms with Gasteiger partial charge in [-0.3, -0.25) is 0 Å². The molecule has 0 aromatic carbocycles. The number of aliphatic hydroxyl groups is 1. The highest BCUT2D eigenvalue weighted by Crippen LogP contribution is 2.44. The summed E-state index contributed by atoms with van der Waals surface area (Å²) in [5, 5.41) is 13.9. The number of fused-ring (bicyclic) bond motifs is 2. The van der Waals surface area contributed by atoms with Gasteiger partial charge in [0.15, 0.2) is 0 Å². The van der Waals surface area contributed by atoms with Crippen LogP contribution in [0.3, 0.4) is 0 Å². The third-order valence-corrected chi connectivity index (χ3v) is 4.28. The molecule has 3 aliphatic rings. The average molecular weight is 221 g/mol. The third-order valence-electron chi connectivity index (χ3n) is 4.28. The molecule has 2 unspecified atom stereocenters. The van der Waals surface area contributed by atoms with Crippen molar-refractivity contribution in [2.75, 3.05) is 26.7 Å². The molecule has 3 atom stereocenters. The Balaban J connectivity index is 1.94. The number of rotatable bonds is 1. The fourth-order valence-corrected chi connectivity index (χ4v) is 3.37. The summed E-state index contributed by atoms with van der Waals surface area (Å²) in [5.74, 6) is 0.461. The van der Waals surface area contributed by atoms with E-state index in [1.807, 2.05) is 6.21 Å². The second kappa shape index (κ2) is 3.57. The number of likely N-dealkylation sites (tertiary alicyclic amines) is 1. The van der Waals surface area contributed by atoms with E-state index in [-0.39, 0.29) is 12.0 Å². The van der Waals surface area contributed by atoms with E-state index in [9.17, 15) is 5.11 Å². The zero-order chi connectivity index (χ0) is 11.2. The first kappa shape index (κ1) is 10.3. The van der Waals surface area contributed by atoms with E-state index >= 15 is 0 Å². The minimum absolute atomic E-state index is 0.00773. The Morgan fingerprint density at radius 3 is 3.38 bits per heavy atom. The summed E-state index contributed by atoms with van der Waals surface area (Å²) >= 11 is 0. The molecule has 4 heteroatoms. The average Bonchev–Trinajstić information content (AvgIpc) is 2.72. The molecule has 0 amide bonds. The van der Waals surface area contributed by atoms with Crippen molar-refractivity contribution in [1.82, 2.24) is 10.3 Å². The molecule has 1 aliphatic carbocycles. The Kier molecular flexibility index (Phi) is 2.30.